The summed E-state index contributed by atoms with van der Waals surface area (Å²) in [6.45, 7) is 1.96. The van der Waals surface area contributed by atoms with E-state index in [1.807, 2.05) is 13.0 Å². The topological polar surface area (TPSA) is 72.7 Å². The van der Waals surface area contributed by atoms with Gasteiger partial charge in [-0.05, 0) is 18.6 Å². The fourth-order valence-electron chi connectivity index (χ4n) is 1.37. The zero-order valence-corrected chi connectivity index (χ0v) is 9.50. The number of hydrogen-bond donors (Lipinski definition) is 1. The first-order valence-electron chi connectivity index (χ1n) is 5.40. The van der Waals surface area contributed by atoms with Gasteiger partial charge in [0, 0.05) is 6.42 Å². The first-order chi connectivity index (χ1) is 8.29. The first kappa shape index (κ1) is 11.3. The van der Waals surface area contributed by atoms with Crippen LogP contribution in [-0.2, 0) is 4.79 Å². The molecule has 0 spiro atoms. The first-order valence-corrected chi connectivity index (χ1v) is 5.40. The molecule has 2 rings (SSSR count). The maximum absolute atomic E-state index is 11.3. The molecular formula is C11H13N5O. The van der Waals surface area contributed by atoms with Crippen LogP contribution in [0.5, 0.6) is 0 Å². The molecule has 1 N–H and O–H groups in total. The Kier molecular flexibility index (Phi) is 3.44. The standard InChI is InChI=1S/C11H13N5O/c1-2-3-11(17)15-10-5-4-9(6-13-10)16-8-12-7-14-16/h4-8H,2-3H2,1H3,(H,13,15,17). The highest BCUT2D eigenvalue weighted by molar-refractivity contribution is 5.89. The number of rotatable bonds is 4. The van der Waals surface area contributed by atoms with E-state index in [0.717, 1.165) is 12.1 Å². The SMILES string of the molecule is CCCC(=O)Nc1ccc(-n2cncn2)cn1. The summed E-state index contributed by atoms with van der Waals surface area (Å²) in [6.07, 6.45) is 6.01. The third-order valence-electron chi connectivity index (χ3n) is 2.18. The van der Waals surface area contributed by atoms with Crippen LogP contribution in [0.2, 0.25) is 0 Å². The van der Waals surface area contributed by atoms with E-state index in [0.29, 0.717) is 12.2 Å². The quantitative estimate of drug-likeness (QED) is 0.863. The molecule has 2 aromatic rings. The van der Waals surface area contributed by atoms with Crippen molar-refractivity contribution < 1.29 is 4.79 Å². The van der Waals surface area contributed by atoms with Gasteiger partial charge in [0.05, 0.1) is 11.9 Å². The molecule has 0 aromatic carbocycles. The van der Waals surface area contributed by atoms with E-state index in [1.165, 1.54) is 6.33 Å². The fraction of sp³-hybridized carbons (Fsp3) is 0.273. The number of amides is 1. The number of nitrogens with zero attached hydrogens (tertiary/aromatic N) is 4. The predicted molar refractivity (Wildman–Crippen MR) is 62.7 cm³/mol. The molecule has 88 valence electrons. The second-order valence-corrected chi connectivity index (χ2v) is 3.54. The lowest BCUT2D eigenvalue weighted by atomic mass is 10.3. The molecule has 6 heteroatoms. The molecule has 2 aromatic heterocycles. The van der Waals surface area contributed by atoms with Gasteiger partial charge in [0.15, 0.2) is 0 Å². The summed E-state index contributed by atoms with van der Waals surface area (Å²) in [4.78, 5) is 19.3. The summed E-state index contributed by atoms with van der Waals surface area (Å²) in [5.74, 6) is 0.529. The number of carbonyl (C=O) groups is 1. The average molecular weight is 231 g/mol. The Morgan fingerprint density at radius 1 is 1.47 bits per heavy atom. The molecule has 0 saturated carbocycles. The largest absolute Gasteiger partial charge is 0.311 e. The number of aromatic nitrogens is 4. The molecule has 0 atom stereocenters. The minimum absolute atomic E-state index is 0.0199. The van der Waals surface area contributed by atoms with Crippen molar-refractivity contribution in [2.45, 2.75) is 19.8 Å². The minimum Gasteiger partial charge on any atom is -0.311 e. The number of pyridine rings is 1. The molecular weight excluding hydrogens is 218 g/mol. The van der Waals surface area contributed by atoms with Crippen LogP contribution in [0.25, 0.3) is 5.69 Å². The summed E-state index contributed by atoms with van der Waals surface area (Å²) in [7, 11) is 0. The van der Waals surface area contributed by atoms with Gasteiger partial charge in [-0.3, -0.25) is 4.79 Å². The van der Waals surface area contributed by atoms with Crippen LogP contribution in [0.1, 0.15) is 19.8 Å². The van der Waals surface area contributed by atoms with Gasteiger partial charge >= 0.3 is 0 Å². The van der Waals surface area contributed by atoms with Gasteiger partial charge in [-0.15, -0.1) is 0 Å². The lowest BCUT2D eigenvalue weighted by molar-refractivity contribution is -0.116. The van der Waals surface area contributed by atoms with Crippen molar-refractivity contribution in [3.63, 3.8) is 0 Å². The zero-order valence-electron chi connectivity index (χ0n) is 9.50. The summed E-state index contributed by atoms with van der Waals surface area (Å²) in [5.41, 5.74) is 0.802. The van der Waals surface area contributed by atoms with Crippen molar-refractivity contribution >= 4 is 11.7 Å². The van der Waals surface area contributed by atoms with Crippen molar-refractivity contribution in [1.82, 2.24) is 19.7 Å². The Bertz CT molecular complexity index is 477. The van der Waals surface area contributed by atoms with Gasteiger partial charge in [0.1, 0.15) is 18.5 Å². The summed E-state index contributed by atoms with van der Waals surface area (Å²) >= 11 is 0. The molecule has 0 aliphatic heterocycles. The predicted octanol–water partition coefficient (Wildman–Crippen LogP) is 1.40. The third-order valence-corrected chi connectivity index (χ3v) is 2.18. The van der Waals surface area contributed by atoms with Crippen molar-refractivity contribution in [2.75, 3.05) is 5.32 Å². The van der Waals surface area contributed by atoms with Crippen molar-refractivity contribution in [2.24, 2.45) is 0 Å². The Balaban J connectivity index is 2.06. The molecule has 0 fully saturated rings. The van der Waals surface area contributed by atoms with E-state index in [-0.39, 0.29) is 5.91 Å². The van der Waals surface area contributed by atoms with E-state index < -0.39 is 0 Å². The fourth-order valence-corrected chi connectivity index (χ4v) is 1.37. The highest BCUT2D eigenvalue weighted by Gasteiger charge is 2.02. The smallest absolute Gasteiger partial charge is 0.225 e. The highest BCUT2D eigenvalue weighted by Crippen LogP contribution is 2.08. The zero-order chi connectivity index (χ0) is 12.1. The van der Waals surface area contributed by atoms with E-state index in [9.17, 15) is 4.79 Å². The van der Waals surface area contributed by atoms with Gasteiger partial charge in [-0.25, -0.2) is 14.6 Å². The Morgan fingerprint density at radius 2 is 2.35 bits per heavy atom. The molecule has 0 aliphatic rings. The molecule has 0 saturated heterocycles. The van der Waals surface area contributed by atoms with Crippen LogP contribution < -0.4 is 5.32 Å². The Labute approximate surface area is 98.7 Å². The van der Waals surface area contributed by atoms with E-state index >= 15 is 0 Å². The average Bonchev–Trinajstić information content (AvgIpc) is 2.84. The molecule has 0 radical (unpaired) electrons. The molecule has 0 bridgehead atoms. The molecule has 1 amide bonds. The van der Waals surface area contributed by atoms with Crippen LogP contribution in [-0.4, -0.2) is 25.7 Å². The maximum Gasteiger partial charge on any atom is 0.225 e. The van der Waals surface area contributed by atoms with Crippen LogP contribution in [0.15, 0.2) is 31.0 Å². The summed E-state index contributed by atoms with van der Waals surface area (Å²) < 4.78 is 1.60. The van der Waals surface area contributed by atoms with Gasteiger partial charge in [-0.2, -0.15) is 5.10 Å². The van der Waals surface area contributed by atoms with E-state index in [2.05, 4.69) is 20.4 Å². The Morgan fingerprint density at radius 3 is 2.94 bits per heavy atom. The number of hydrogen-bond acceptors (Lipinski definition) is 4. The van der Waals surface area contributed by atoms with Crippen molar-refractivity contribution in [3.05, 3.63) is 31.0 Å². The summed E-state index contributed by atoms with van der Waals surface area (Å²) in [6, 6.07) is 3.56. The molecule has 0 aliphatic carbocycles. The molecule has 0 unspecified atom stereocenters. The Hall–Kier alpha value is -2.24. The second-order valence-electron chi connectivity index (χ2n) is 3.54. The number of nitrogens with one attached hydrogen (secondary N) is 1. The van der Waals surface area contributed by atoms with Crippen LogP contribution in [0.4, 0.5) is 5.82 Å². The van der Waals surface area contributed by atoms with Gasteiger partial charge < -0.3 is 5.32 Å². The number of carbonyl (C=O) groups excluding carboxylic acids is 1. The normalized spacial score (nSPS) is 10.2. The van der Waals surface area contributed by atoms with Crippen LogP contribution >= 0.6 is 0 Å². The summed E-state index contributed by atoms with van der Waals surface area (Å²) in [5, 5.41) is 6.70. The van der Waals surface area contributed by atoms with Crippen molar-refractivity contribution in [1.29, 1.82) is 0 Å². The van der Waals surface area contributed by atoms with Crippen LogP contribution in [0, 0.1) is 0 Å². The van der Waals surface area contributed by atoms with Gasteiger partial charge in [0.25, 0.3) is 0 Å². The van der Waals surface area contributed by atoms with Crippen LogP contribution in [0.3, 0.4) is 0 Å². The van der Waals surface area contributed by atoms with E-state index in [4.69, 9.17) is 0 Å². The lowest BCUT2D eigenvalue weighted by Crippen LogP contribution is -2.11. The van der Waals surface area contributed by atoms with E-state index in [1.54, 1.807) is 23.3 Å². The lowest BCUT2D eigenvalue weighted by Gasteiger charge is -2.04. The monoisotopic (exact) mass is 231 g/mol. The highest BCUT2D eigenvalue weighted by atomic mass is 16.1. The molecule has 6 nitrogen and oxygen atoms in total. The van der Waals surface area contributed by atoms with Crippen molar-refractivity contribution in [3.8, 4) is 5.69 Å². The van der Waals surface area contributed by atoms with Gasteiger partial charge in [0.2, 0.25) is 5.91 Å². The maximum atomic E-state index is 11.3. The van der Waals surface area contributed by atoms with Gasteiger partial charge in [-0.1, -0.05) is 6.92 Å². The number of anilines is 1. The second kappa shape index (κ2) is 5.20. The molecule has 17 heavy (non-hydrogen) atoms. The molecule has 2 heterocycles. The third kappa shape index (κ3) is 2.87. The minimum atomic E-state index is -0.0199.